The molecular weight excluding hydrogens is 262 g/mol. The molecule has 0 unspecified atom stereocenters. The van der Waals surface area contributed by atoms with Crippen molar-refractivity contribution < 1.29 is 4.52 Å². The number of nitrogens with zero attached hydrogens (tertiary/aromatic N) is 2. The molecule has 2 heterocycles. The van der Waals surface area contributed by atoms with Crippen LogP contribution in [0.4, 0.5) is 0 Å². The van der Waals surface area contributed by atoms with E-state index in [1.807, 2.05) is 0 Å². The van der Waals surface area contributed by atoms with Gasteiger partial charge in [-0.1, -0.05) is 38.1 Å². The fourth-order valence-corrected chi connectivity index (χ4v) is 2.71. The maximum atomic E-state index is 5.45. The summed E-state index contributed by atoms with van der Waals surface area (Å²) in [6.45, 7) is 8.71. The Bertz CT molecular complexity index is 589. The Hall–Kier alpha value is -1.68. The first-order valence-electron chi connectivity index (χ1n) is 7.69. The van der Waals surface area contributed by atoms with Crippen LogP contribution >= 0.6 is 0 Å². The molecule has 1 fully saturated rings. The van der Waals surface area contributed by atoms with Gasteiger partial charge in [-0.2, -0.15) is 4.98 Å². The van der Waals surface area contributed by atoms with Crippen LogP contribution in [0.25, 0.3) is 11.5 Å². The van der Waals surface area contributed by atoms with Crippen molar-refractivity contribution in [3.8, 4) is 11.5 Å². The highest BCUT2D eigenvalue weighted by molar-refractivity contribution is 5.53. The SMILES string of the molecule is CC(C)(C)c1ccc(-c2nc(C3CCNCC3)no2)cc1. The Morgan fingerprint density at radius 2 is 1.76 bits per heavy atom. The normalized spacial score (nSPS) is 17.1. The van der Waals surface area contributed by atoms with Gasteiger partial charge in [-0.25, -0.2) is 0 Å². The van der Waals surface area contributed by atoms with Crippen LogP contribution in [-0.2, 0) is 5.41 Å². The third-order valence-corrected chi connectivity index (χ3v) is 4.14. The van der Waals surface area contributed by atoms with Crippen molar-refractivity contribution in [2.24, 2.45) is 0 Å². The van der Waals surface area contributed by atoms with Crippen LogP contribution in [0, 0.1) is 0 Å². The van der Waals surface area contributed by atoms with Gasteiger partial charge in [0.2, 0.25) is 0 Å². The lowest BCUT2D eigenvalue weighted by atomic mass is 9.87. The first kappa shape index (κ1) is 14.3. The molecule has 0 atom stereocenters. The largest absolute Gasteiger partial charge is 0.334 e. The Morgan fingerprint density at radius 3 is 2.38 bits per heavy atom. The van der Waals surface area contributed by atoms with E-state index in [1.54, 1.807) is 0 Å². The van der Waals surface area contributed by atoms with Crippen molar-refractivity contribution in [1.82, 2.24) is 15.5 Å². The van der Waals surface area contributed by atoms with Crippen LogP contribution in [0.3, 0.4) is 0 Å². The highest BCUT2D eigenvalue weighted by Gasteiger charge is 2.21. The molecule has 0 saturated carbocycles. The summed E-state index contributed by atoms with van der Waals surface area (Å²) in [5, 5.41) is 7.53. The second-order valence-electron chi connectivity index (χ2n) is 6.81. The van der Waals surface area contributed by atoms with Crippen molar-refractivity contribution in [1.29, 1.82) is 0 Å². The van der Waals surface area contributed by atoms with E-state index < -0.39 is 0 Å². The van der Waals surface area contributed by atoms with Gasteiger partial charge >= 0.3 is 0 Å². The molecule has 3 rings (SSSR count). The fraction of sp³-hybridized carbons (Fsp3) is 0.529. The van der Waals surface area contributed by atoms with Gasteiger partial charge in [0, 0.05) is 11.5 Å². The number of aromatic nitrogens is 2. The Balaban J connectivity index is 1.79. The van der Waals surface area contributed by atoms with Crippen LogP contribution in [0.5, 0.6) is 0 Å². The molecule has 1 aliphatic rings. The zero-order chi connectivity index (χ0) is 14.9. The average Bonchev–Trinajstić information content (AvgIpc) is 2.97. The molecule has 0 bridgehead atoms. The van der Waals surface area contributed by atoms with Crippen molar-refractivity contribution in [3.63, 3.8) is 0 Å². The third kappa shape index (κ3) is 3.16. The number of nitrogens with one attached hydrogen (secondary N) is 1. The second-order valence-corrected chi connectivity index (χ2v) is 6.81. The first-order valence-corrected chi connectivity index (χ1v) is 7.69. The lowest BCUT2D eigenvalue weighted by molar-refractivity contribution is 0.392. The van der Waals surface area contributed by atoms with Crippen LogP contribution in [0.15, 0.2) is 28.8 Å². The summed E-state index contributed by atoms with van der Waals surface area (Å²) in [7, 11) is 0. The van der Waals surface area contributed by atoms with E-state index in [-0.39, 0.29) is 5.41 Å². The molecule has 1 aliphatic heterocycles. The molecule has 4 heteroatoms. The Morgan fingerprint density at radius 1 is 1.10 bits per heavy atom. The molecule has 1 N–H and O–H groups in total. The molecule has 112 valence electrons. The van der Waals surface area contributed by atoms with Crippen LogP contribution < -0.4 is 5.32 Å². The number of hydrogen-bond donors (Lipinski definition) is 1. The summed E-state index contributed by atoms with van der Waals surface area (Å²) in [4.78, 5) is 4.59. The minimum Gasteiger partial charge on any atom is -0.334 e. The van der Waals surface area contributed by atoms with Crippen molar-refractivity contribution in [2.45, 2.75) is 44.9 Å². The Kier molecular flexibility index (Phi) is 3.81. The number of hydrogen-bond acceptors (Lipinski definition) is 4. The summed E-state index contributed by atoms with van der Waals surface area (Å²) in [6, 6.07) is 8.42. The van der Waals surface area contributed by atoms with Crippen molar-refractivity contribution >= 4 is 0 Å². The summed E-state index contributed by atoms with van der Waals surface area (Å²) in [6.07, 6.45) is 2.17. The highest BCUT2D eigenvalue weighted by atomic mass is 16.5. The van der Waals surface area contributed by atoms with E-state index in [1.165, 1.54) is 5.56 Å². The van der Waals surface area contributed by atoms with E-state index in [0.717, 1.165) is 37.3 Å². The van der Waals surface area contributed by atoms with Gasteiger partial charge in [-0.3, -0.25) is 0 Å². The summed E-state index contributed by atoms with van der Waals surface area (Å²) in [5.41, 5.74) is 2.47. The molecule has 0 amide bonds. The van der Waals surface area contributed by atoms with Gasteiger partial charge in [0.25, 0.3) is 5.89 Å². The Labute approximate surface area is 126 Å². The number of benzene rings is 1. The molecule has 0 radical (unpaired) electrons. The van der Waals surface area contributed by atoms with E-state index in [2.05, 4.69) is 60.5 Å². The average molecular weight is 285 g/mol. The molecule has 0 spiro atoms. The topological polar surface area (TPSA) is 51.0 Å². The highest BCUT2D eigenvalue weighted by Crippen LogP contribution is 2.28. The van der Waals surface area contributed by atoms with Crippen LogP contribution in [0.2, 0.25) is 0 Å². The smallest absolute Gasteiger partial charge is 0.257 e. The molecule has 1 aromatic carbocycles. The van der Waals surface area contributed by atoms with E-state index in [4.69, 9.17) is 4.52 Å². The minimum atomic E-state index is 0.160. The first-order chi connectivity index (χ1) is 10.0. The van der Waals surface area contributed by atoms with E-state index in [9.17, 15) is 0 Å². The van der Waals surface area contributed by atoms with Gasteiger partial charge in [-0.15, -0.1) is 0 Å². The van der Waals surface area contributed by atoms with Crippen LogP contribution in [-0.4, -0.2) is 23.2 Å². The fourth-order valence-electron chi connectivity index (χ4n) is 2.71. The van der Waals surface area contributed by atoms with Crippen molar-refractivity contribution in [2.75, 3.05) is 13.1 Å². The second kappa shape index (κ2) is 5.60. The predicted molar refractivity (Wildman–Crippen MR) is 83.3 cm³/mol. The lowest BCUT2D eigenvalue weighted by Gasteiger charge is -2.19. The molecule has 1 saturated heterocycles. The number of rotatable bonds is 2. The maximum absolute atomic E-state index is 5.45. The lowest BCUT2D eigenvalue weighted by Crippen LogP contribution is -2.27. The molecule has 21 heavy (non-hydrogen) atoms. The summed E-state index contributed by atoms with van der Waals surface area (Å²) in [5.74, 6) is 1.91. The minimum absolute atomic E-state index is 0.160. The maximum Gasteiger partial charge on any atom is 0.257 e. The molecule has 1 aromatic heterocycles. The summed E-state index contributed by atoms with van der Waals surface area (Å²) < 4.78 is 5.45. The standard InChI is InChI=1S/C17H23N3O/c1-17(2,3)14-6-4-13(5-7-14)16-19-15(20-21-16)12-8-10-18-11-9-12/h4-7,12,18H,8-11H2,1-3H3. The molecule has 4 nitrogen and oxygen atoms in total. The van der Waals surface area contributed by atoms with E-state index >= 15 is 0 Å². The van der Waals surface area contributed by atoms with Gasteiger partial charge in [0.05, 0.1) is 0 Å². The van der Waals surface area contributed by atoms with Crippen LogP contribution in [0.1, 0.15) is 50.9 Å². The van der Waals surface area contributed by atoms with Crippen molar-refractivity contribution in [3.05, 3.63) is 35.7 Å². The van der Waals surface area contributed by atoms with Gasteiger partial charge in [0.1, 0.15) is 0 Å². The van der Waals surface area contributed by atoms with Gasteiger partial charge in [0.15, 0.2) is 5.82 Å². The number of piperidine rings is 1. The quantitative estimate of drug-likeness (QED) is 0.917. The monoisotopic (exact) mass is 285 g/mol. The molecule has 2 aromatic rings. The zero-order valence-electron chi connectivity index (χ0n) is 13.0. The zero-order valence-corrected chi connectivity index (χ0v) is 13.0. The van der Waals surface area contributed by atoms with Gasteiger partial charge < -0.3 is 9.84 Å². The van der Waals surface area contributed by atoms with Gasteiger partial charge in [-0.05, 0) is 49.0 Å². The summed E-state index contributed by atoms with van der Waals surface area (Å²) >= 11 is 0. The van der Waals surface area contributed by atoms with E-state index in [0.29, 0.717) is 11.8 Å². The third-order valence-electron chi connectivity index (χ3n) is 4.14. The predicted octanol–water partition coefficient (Wildman–Crippen LogP) is 3.50. The molecular formula is C17H23N3O. The molecule has 0 aliphatic carbocycles.